The van der Waals surface area contributed by atoms with Gasteiger partial charge in [-0.1, -0.05) is 89.5 Å². The molecule has 152 valence electrons. The van der Waals surface area contributed by atoms with Crippen LogP contribution in [-0.4, -0.2) is 0 Å². The molecule has 29 heavy (non-hydrogen) atoms. The first-order chi connectivity index (χ1) is 13.9. The smallest absolute Gasteiger partial charge is 0.282 e. The van der Waals surface area contributed by atoms with Crippen LogP contribution in [0.15, 0.2) is 72.8 Å². The summed E-state index contributed by atoms with van der Waals surface area (Å²) in [7, 11) is -3.75. The van der Waals surface area contributed by atoms with Crippen LogP contribution in [0.4, 0.5) is 0 Å². The van der Waals surface area contributed by atoms with Crippen LogP contribution in [0.1, 0.15) is 33.4 Å². The number of aryl methyl sites for hydroxylation is 3. The fourth-order valence-corrected chi connectivity index (χ4v) is 3.77. The summed E-state index contributed by atoms with van der Waals surface area (Å²) in [4.78, 5) is 0. The molecule has 0 fully saturated rings. The molecular formula is C24H27O4P. The number of phosphoric ester groups is 1. The van der Waals surface area contributed by atoms with Crippen LogP contribution < -0.4 is 0 Å². The summed E-state index contributed by atoms with van der Waals surface area (Å²) >= 11 is 0. The zero-order valence-electron chi connectivity index (χ0n) is 17.1. The van der Waals surface area contributed by atoms with E-state index in [2.05, 4.69) is 0 Å². The lowest BCUT2D eigenvalue weighted by molar-refractivity contribution is 0.0978. The minimum Gasteiger partial charge on any atom is -0.282 e. The van der Waals surface area contributed by atoms with Gasteiger partial charge in [0.05, 0.1) is 19.8 Å². The highest BCUT2D eigenvalue weighted by molar-refractivity contribution is 7.48. The van der Waals surface area contributed by atoms with Gasteiger partial charge >= 0.3 is 7.82 Å². The lowest BCUT2D eigenvalue weighted by Gasteiger charge is -2.18. The summed E-state index contributed by atoms with van der Waals surface area (Å²) in [5.41, 5.74) is 6.20. The Morgan fingerprint density at radius 1 is 0.517 bits per heavy atom. The van der Waals surface area contributed by atoms with Crippen molar-refractivity contribution >= 4 is 7.82 Å². The average Bonchev–Trinajstić information content (AvgIpc) is 2.73. The van der Waals surface area contributed by atoms with Crippen molar-refractivity contribution < 1.29 is 18.1 Å². The fraction of sp³-hybridized carbons (Fsp3) is 0.250. The van der Waals surface area contributed by atoms with Crippen molar-refractivity contribution in [2.45, 2.75) is 40.6 Å². The second-order valence-corrected chi connectivity index (χ2v) is 8.89. The van der Waals surface area contributed by atoms with E-state index in [1.807, 2.05) is 93.6 Å². The Morgan fingerprint density at radius 3 is 1.00 bits per heavy atom. The predicted molar refractivity (Wildman–Crippen MR) is 116 cm³/mol. The van der Waals surface area contributed by atoms with E-state index in [1.165, 1.54) is 0 Å². The molecule has 3 rings (SSSR count). The van der Waals surface area contributed by atoms with E-state index in [9.17, 15) is 4.57 Å². The lowest BCUT2D eigenvalue weighted by atomic mass is 10.2. The third kappa shape index (κ3) is 6.95. The van der Waals surface area contributed by atoms with E-state index in [-0.39, 0.29) is 19.8 Å². The third-order valence-corrected chi connectivity index (χ3v) is 5.87. The molecular weight excluding hydrogens is 383 g/mol. The molecule has 0 saturated carbocycles. The first-order valence-corrected chi connectivity index (χ1v) is 11.1. The van der Waals surface area contributed by atoms with Gasteiger partial charge < -0.3 is 0 Å². The topological polar surface area (TPSA) is 44.8 Å². The Kier molecular flexibility index (Phi) is 7.40. The van der Waals surface area contributed by atoms with Crippen LogP contribution in [0.3, 0.4) is 0 Å². The van der Waals surface area contributed by atoms with Crippen molar-refractivity contribution in [1.29, 1.82) is 0 Å². The minimum absolute atomic E-state index is 0.152. The number of benzene rings is 3. The summed E-state index contributed by atoms with van der Waals surface area (Å²) in [5, 5.41) is 0. The minimum atomic E-state index is -3.75. The quantitative estimate of drug-likeness (QED) is 0.370. The van der Waals surface area contributed by atoms with E-state index in [1.54, 1.807) is 0 Å². The van der Waals surface area contributed by atoms with Crippen molar-refractivity contribution in [2.75, 3.05) is 0 Å². The standard InChI is InChI=1S/C24H27O4P/c1-19-4-10-22(11-5-19)16-26-29(25,27-17-23-12-6-20(2)7-13-23)28-18-24-14-8-21(3)9-15-24/h4-15H,16-18H2,1-3H3. The van der Waals surface area contributed by atoms with Gasteiger partial charge in [0, 0.05) is 0 Å². The Bertz CT molecular complexity index is 820. The Labute approximate surface area is 173 Å². The number of phosphoric acid groups is 1. The zero-order valence-corrected chi connectivity index (χ0v) is 18.0. The predicted octanol–water partition coefficient (Wildman–Crippen LogP) is 6.67. The van der Waals surface area contributed by atoms with Gasteiger partial charge in [-0.05, 0) is 37.5 Å². The maximum absolute atomic E-state index is 13.3. The monoisotopic (exact) mass is 410 g/mol. The second kappa shape index (κ2) is 10.00. The number of rotatable bonds is 9. The molecule has 0 unspecified atom stereocenters. The van der Waals surface area contributed by atoms with Crippen LogP contribution >= 0.6 is 7.82 Å². The van der Waals surface area contributed by atoms with Crippen LogP contribution in [0.25, 0.3) is 0 Å². The molecule has 0 aliphatic carbocycles. The van der Waals surface area contributed by atoms with Crippen LogP contribution in [0.5, 0.6) is 0 Å². The van der Waals surface area contributed by atoms with Gasteiger partial charge in [-0.25, -0.2) is 4.57 Å². The van der Waals surface area contributed by atoms with Gasteiger partial charge in [-0.3, -0.25) is 13.6 Å². The molecule has 5 heteroatoms. The third-order valence-electron chi connectivity index (χ3n) is 4.53. The second-order valence-electron chi connectivity index (χ2n) is 7.22. The van der Waals surface area contributed by atoms with Crippen molar-refractivity contribution in [3.05, 3.63) is 106 Å². The summed E-state index contributed by atoms with van der Waals surface area (Å²) in [6, 6.07) is 23.6. The summed E-state index contributed by atoms with van der Waals surface area (Å²) < 4.78 is 30.2. The van der Waals surface area contributed by atoms with Gasteiger partial charge in [0.2, 0.25) is 0 Å². The Balaban J connectivity index is 1.67. The van der Waals surface area contributed by atoms with Gasteiger partial charge in [0.1, 0.15) is 0 Å². The van der Waals surface area contributed by atoms with Crippen molar-refractivity contribution in [3.8, 4) is 0 Å². The van der Waals surface area contributed by atoms with E-state index in [4.69, 9.17) is 13.6 Å². The molecule has 3 aromatic rings. The van der Waals surface area contributed by atoms with Crippen LogP contribution in [0.2, 0.25) is 0 Å². The van der Waals surface area contributed by atoms with Gasteiger partial charge in [0.15, 0.2) is 0 Å². The lowest BCUT2D eigenvalue weighted by Crippen LogP contribution is -2.02. The zero-order chi connectivity index (χ0) is 20.7. The maximum atomic E-state index is 13.3. The Morgan fingerprint density at radius 2 is 0.759 bits per heavy atom. The molecule has 0 spiro atoms. The number of hydrogen-bond acceptors (Lipinski definition) is 4. The maximum Gasteiger partial charge on any atom is 0.475 e. The van der Waals surface area contributed by atoms with Crippen molar-refractivity contribution in [3.63, 3.8) is 0 Å². The first kappa shape index (κ1) is 21.5. The molecule has 0 N–H and O–H groups in total. The van der Waals surface area contributed by atoms with Crippen molar-refractivity contribution in [1.82, 2.24) is 0 Å². The molecule has 0 radical (unpaired) electrons. The average molecular weight is 410 g/mol. The largest absolute Gasteiger partial charge is 0.475 e. The summed E-state index contributed by atoms with van der Waals surface area (Å²) in [5.74, 6) is 0. The molecule has 0 aliphatic rings. The van der Waals surface area contributed by atoms with Gasteiger partial charge in [-0.2, -0.15) is 0 Å². The van der Waals surface area contributed by atoms with Crippen LogP contribution in [0, 0.1) is 20.8 Å². The molecule has 4 nitrogen and oxygen atoms in total. The SMILES string of the molecule is Cc1ccc(COP(=O)(OCc2ccc(C)cc2)OCc2ccc(C)cc2)cc1. The molecule has 0 bridgehead atoms. The van der Waals surface area contributed by atoms with Crippen LogP contribution in [-0.2, 0) is 38.0 Å². The number of hydrogen-bond donors (Lipinski definition) is 0. The summed E-state index contributed by atoms with van der Waals surface area (Å²) in [6.07, 6.45) is 0. The van der Waals surface area contributed by atoms with E-state index >= 15 is 0 Å². The molecule has 0 saturated heterocycles. The summed E-state index contributed by atoms with van der Waals surface area (Å²) in [6.45, 7) is 6.51. The van der Waals surface area contributed by atoms with E-state index in [0.717, 1.165) is 33.4 Å². The highest BCUT2D eigenvalue weighted by Gasteiger charge is 2.27. The molecule has 3 aromatic carbocycles. The highest BCUT2D eigenvalue weighted by atomic mass is 31.2. The normalized spacial score (nSPS) is 11.6. The van der Waals surface area contributed by atoms with Gasteiger partial charge in [0.25, 0.3) is 0 Å². The molecule has 0 aliphatic heterocycles. The Hall–Kier alpha value is -2.23. The molecule has 0 amide bonds. The van der Waals surface area contributed by atoms with E-state index in [0.29, 0.717) is 0 Å². The molecule has 0 aromatic heterocycles. The molecule has 0 heterocycles. The first-order valence-electron chi connectivity index (χ1n) is 9.62. The highest BCUT2D eigenvalue weighted by Crippen LogP contribution is 2.51. The fourth-order valence-electron chi connectivity index (χ4n) is 2.63. The van der Waals surface area contributed by atoms with E-state index < -0.39 is 7.82 Å². The molecule has 0 atom stereocenters. The van der Waals surface area contributed by atoms with Gasteiger partial charge in [-0.15, -0.1) is 0 Å². The van der Waals surface area contributed by atoms with Crippen molar-refractivity contribution in [2.24, 2.45) is 0 Å².